The molecule has 0 amide bonds. The summed E-state index contributed by atoms with van der Waals surface area (Å²) in [6.07, 6.45) is 8.78. The van der Waals surface area contributed by atoms with E-state index in [0.29, 0.717) is 5.75 Å². The van der Waals surface area contributed by atoms with Crippen molar-refractivity contribution in [3.8, 4) is 0 Å². The Balaban J connectivity index is 1.98. The minimum absolute atomic E-state index is 0.0338. The maximum Gasteiger partial charge on any atom is 0.153 e. The van der Waals surface area contributed by atoms with E-state index in [9.17, 15) is 8.42 Å². The molecule has 1 atom stereocenters. The third kappa shape index (κ3) is 4.71. The molecule has 0 spiro atoms. The molecule has 1 unspecified atom stereocenters. The third-order valence-corrected chi connectivity index (χ3v) is 7.56. The van der Waals surface area contributed by atoms with Crippen molar-refractivity contribution in [3.05, 3.63) is 0 Å². The van der Waals surface area contributed by atoms with Crippen LogP contribution in [0, 0.1) is 5.41 Å². The normalized spacial score (nSPS) is 28.2. The summed E-state index contributed by atoms with van der Waals surface area (Å²) < 4.78 is 30.3. The van der Waals surface area contributed by atoms with Crippen LogP contribution in [0.15, 0.2) is 0 Å². The molecule has 2 rings (SSSR count). The molecule has 1 heterocycles. The van der Waals surface area contributed by atoms with Crippen LogP contribution >= 0.6 is 15.9 Å². The summed E-state index contributed by atoms with van der Waals surface area (Å²) in [5.41, 5.74) is -0.0338. The van der Waals surface area contributed by atoms with E-state index in [4.69, 9.17) is 4.74 Å². The number of hydrogen-bond donors (Lipinski definition) is 0. The Morgan fingerprint density at radius 1 is 1.11 bits per heavy atom. The Kier molecular flexibility index (Phi) is 5.73. The molecule has 0 aromatic rings. The van der Waals surface area contributed by atoms with Gasteiger partial charge in [-0.15, -0.1) is 0 Å². The minimum Gasteiger partial charge on any atom is -0.377 e. The number of ether oxygens (including phenoxy) is 1. The van der Waals surface area contributed by atoms with E-state index in [0.717, 1.165) is 37.6 Å². The van der Waals surface area contributed by atoms with Gasteiger partial charge in [0.2, 0.25) is 0 Å². The summed E-state index contributed by atoms with van der Waals surface area (Å²) in [6, 6.07) is 0. The highest BCUT2D eigenvalue weighted by Crippen LogP contribution is 2.38. The van der Waals surface area contributed by atoms with Crippen LogP contribution in [0.4, 0.5) is 0 Å². The molecule has 1 aliphatic carbocycles. The van der Waals surface area contributed by atoms with Gasteiger partial charge in [-0.2, -0.15) is 0 Å². The van der Waals surface area contributed by atoms with Crippen LogP contribution in [0.2, 0.25) is 0 Å². The van der Waals surface area contributed by atoms with Gasteiger partial charge >= 0.3 is 0 Å². The molecule has 1 saturated carbocycles. The molecule has 2 fully saturated rings. The predicted octanol–water partition coefficient (Wildman–Crippen LogP) is 3.32. The maximum atomic E-state index is 12.4. The van der Waals surface area contributed by atoms with E-state index >= 15 is 0 Å². The van der Waals surface area contributed by atoms with Crippen LogP contribution in [0.1, 0.15) is 51.4 Å². The standard InChI is InChI=1S/C14H25BrO3S/c15-11-14(7-3-1-2-4-8-14)12-19(16,17)10-13-6-5-9-18-13/h13H,1-12H2. The first kappa shape index (κ1) is 15.8. The Hall–Kier alpha value is 0.390. The molecule has 2 aliphatic rings. The lowest BCUT2D eigenvalue weighted by molar-refractivity contribution is 0.127. The molecule has 0 aromatic heterocycles. The first-order valence-electron chi connectivity index (χ1n) is 7.43. The van der Waals surface area contributed by atoms with Gasteiger partial charge in [0, 0.05) is 11.9 Å². The summed E-state index contributed by atoms with van der Waals surface area (Å²) in [5.74, 6) is 0.562. The van der Waals surface area contributed by atoms with Crippen LogP contribution in [0.3, 0.4) is 0 Å². The molecule has 3 nitrogen and oxygen atoms in total. The number of rotatable bonds is 5. The first-order valence-corrected chi connectivity index (χ1v) is 10.4. The Bertz CT molecular complexity index is 366. The van der Waals surface area contributed by atoms with E-state index < -0.39 is 9.84 Å². The summed E-state index contributed by atoms with van der Waals surface area (Å²) in [4.78, 5) is 0. The van der Waals surface area contributed by atoms with Gasteiger partial charge in [0.15, 0.2) is 9.84 Å². The monoisotopic (exact) mass is 352 g/mol. The van der Waals surface area contributed by atoms with E-state index in [2.05, 4.69) is 15.9 Å². The first-order chi connectivity index (χ1) is 9.05. The maximum absolute atomic E-state index is 12.4. The average molecular weight is 353 g/mol. The highest BCUT2D eigenvalue weighted by molar-refractivity contribution is 9.09. The average Bonchev–Trinajstić information content (AvgIpc) is 2.73. The van der Waals surface area contributed by atoms with Crippen molar-refractivity contribution in [1.82, 2.24) is 0 Å². The van der Waals surface area contributed by atoms with Crippen molar-refractivity contribution in [3.63, 3.8) is 0 Å². The van der Waals surface area contributed by atoms with Crippen LogP contribution in [0.5, 0.6) is 0 Å². The molecule has 0 radical (unpaired) electrons. The van der Waals surface area contributed by atoms with Gasteiger partial charge in [-0.25, -0.2) is 8.42 Å². The molecular formula is C14H25BrO3S. The number of sulfone groups is 1. The van der Waals surface area contributed by atoms with Crippen molar-refractivity contribution >= 4 is 25.8 Å². The zero-order valence-corrected chi connectivity index (χ0v) is 14.0. The molecule has 5 heteroatoms. The van der Waals surface area contributed by atoms with E-state index in [1.807, 2.05) is 0 Å². The number of alkyl halides is 1. The highest BCUT2D eigenvalue weighted by Gasteiger charge is 2.36. The fourth-order valence-corrected chi connectivity index (χ4v) is 6.67. The second-order valence-electron chi connectivity index (χ2n) is 6.24. The molecule has 1 aliphatic heterocycles. The predicted molar refractivity (Wildman–Crippen MR) is 81.6 cm³/mol. The zero-order chi connectivity index (χ0) is 13.8. The van der Waals surface area contributed by atoms with Crippen molar-refractivity contribution in [1.29, 1.82) is 0 Å². The third-order valence-electron chi connectivity index (χ3n) is 4.44. The van der Waals surface area contributed by atoms with Crippen molar-refractivity contribution in [2.75, 3.05) is 23.4 Å². The van der Waals surface area contributed by atoms with Crippen LogP contribution in [-0.4, -0.2) is 38.0 Å². The Labute approximate surface area is 125 Å². The number of halogens is 1. The summed E-state index contributed by atoms with van der Waals surface area (Å²) in [5, 5.41) is 0.810. The second-order valence-corrected chi connectivity index (χ2v) is 8.91. The molecular weight excluding hydrogens is 328 g/mol. The Morgan fingerprint density at radius 3 is 2.32 bits per heavy atom. The quantitative estimate of drug-likeness (QED) is 0.563. The van der Waals surface area contributed by atoms with Gasteiger partial charge < -0.3 is 4.74 Å². The number of hydrogen-bond acceptors (Lipinski definition) is 3. The minimum atomic E-state index is -3.01. The Morgan fingerprint density at radius 2 is 1.79 bits per heavy atom. The molecule has 1 saturated heterocycles. The highest BCUT2D eigenvalue weighted by atomic mass is 79.9. The molecule has 0 N–H and O–H groups in total. The molecule has 0 bridgehead atoms. The zero-order valence-electron chi connectivity index (χ0n) is 11.6. The lowest BCUT2D eigenvalue weighted by Crippen LogP contribution is -2.35. The topological polar surface area (TPSA) is 43.4 Å². The fourth-order valence-electron chi connectivity index (χ4n) is 3.38. The fraction of sp³-hybridized carbons (Fsp3) is 1.00. The van der Waals surface area contributed by atoms with E-state index in [1.54, 1.807) is 0 Å². The van der Waals surface area contributed by atoms with Gasteiger partial charge in [0.25, 0.3) is 0 Å². The van der Waals surface area contributed by atoms with E-state index in [-0.39, 0.29) is 17.3 Å². The van der Waals surface area contributed by atoms with Gasteiger partial charge in [-0.3, -0.25) is 0 Å². The van der Waals surface area contributed by atoms with Crippen LogP contribution in [0.25, 0.3) is 0 Å². The van der Waals surface area contributed by atoms with Crippen molar-refractivity contribution < 1.29 is 13.2 Å². The smallest absolute Gasteiger partial charge is 0.153 e. The van der Waals surface area contributed by atoms with Crippen LogP contribution < -0.4 is 0 Å². The lowest BCUT2D eigenvalue weighted by Gasteiger charge is -2.30. The second kappa shape index (κ2) is 6.90. The summed E-state index contributed by atoms with van der Waals surface area (Å²) in [7, 11) is -3.01. The molecule has 0 aromatic carbocycles. The van der Waals surface area contributed by atoms with Gasteiger partial charge in [0.05, 0.1) is 17.6 Å². The largest absolute Gasteiger partial charge is 0.377 e. The lowest BCUT2D eigenvalue weighted by atomic mass is 9.85. The molecule has 112 valence electrons. The van der Waals surface area contributed by atoms with Gasteiger partial charge in [-0.1, -0.05) is 41.6 Å². The molecule has 19 heavy (non-hydrogen) atoms. The summed E-state index contributed by atoms with van der Waals surface area (Å²) >= 11 is 3.57. The van der Waals surface area contributed by atoms with Crippen molar-refractivity contribution in [2.45, 2.75) is 57.5 Å². The van der Waals surface area contributed by atoms with E-state index in [1.165, 1.54) is 25.7 Å². The van der Waals surface area contributed by atoms with Crippen molar-refractivity contribution in [2.24, 2.45) is 5.41 Å². The van der Waals surface area contributed by atoms with Gasteiger partial charge in [-0.05, 0) is 31.1 Å². The summed E-state index contributed by atoms with van der Waals surface area (Å²) in [6.45, 7) is 0.726. The van der Waals surface area contributed by atoms with Crippen LogP contribution in [-0.2, 0) is 14.6 Å². The SMILES string of the molecule is O=S(=O)(CC1CCCO1)CC1(CBr)CCCCCC1. The van der Waals surface area contributed by atoms with Gasteiger partial charge in [0.1, 0.15) is 0 Å².